The van der Waals surface area contributed by atoms with E-state index in [0.717, 1.165) is 154 Å². The van der Waals surface area contributed by atoms with Crippen molar-refractivity contribution < 1.29 is 48.7 Å². The number of aromatic amines is 4. The lowest BCUT2D eigenvalue weighted by Crippen LogP contribution is -2.25. The fourth-order valence-corrected chi connectivity index (χ4v) is 14.2. The number of carbonyl (C=O) groups is 3. The first-order valence-corrected chi connectivity index (χ1v) is 42.1. The van der Waals surface area contributed by atoms with Gasteiger partial charge in [0.15, 0.2) is 23.3 Å². The highest BCUT2D eigenvalue weighted by Gasteiger charge is 2.25. The second kappa shape index (κ2) is 49.7. The molecule has 676 valence electrons. The number of nitrogen functional groups attached to an aromatic ring is 4. The zero-order valence-corrected chi connectivity index (χ0v) is 73.7. The number of carboxylic acid groups (broad SMARTS) is 3. The van der Waals surface area contributed by atoms with Crippen molar-refractivity contribution >= 4 is 65.0 Å². The number of methoxy groups -OCH3 is 4. The Bertz CT molecular complexity index is 5440. The second-order valence-electron chi connectivity index (χ2n) is 30.1. The number of H-pyrrole nitrogens is 4. The normalized spacial score (nSPS) is 11.4. The fraction of sp³-hybridized carbons (Fsp3) is 0.447. The minimum absolute atomic E-state index is 0.0194. The summed E-state index contributed by atoms with van der Waals surface area (Å²) >= 11 is 0. The van der Waals surface area contributed by atoms with Crippen molar-refractivity contribution in [2.45, 2.75) is 208 Å². The zero-order valence-electron chi connectivity index (χ0n) is 73.7. The number of unbranched alkanes of at least 4 members (excludes halogenated alkanes) is 4. The molecule has 12 aromatic rings. The first-order chi connectivity index (χ1) is 61.4. The molecule has 42 nitrogen and oxygen atoms in total. The standard InChI is InChI=1S/C24H32N8O5.C21H28N8O3.2C20H28N8O/c1-3-4-5-16(13-22(35)36)26-23-17(18(7-9-21(33)34)27-24(25)28-23)12-15-10-14(6-8-19(15)37-2)11-20-29-31-32-30-20;1-3-4-9-23-20-15(16(6-8-19(30)31)24-21(22)25-20)12-14-10-13(5-7-17(14)32-2)11-18-26-28-29-27-18;1-5-6-12(2)22-19-16(13(3)23-20(21)24-19)11-15-9-14(7-8-17(15)29-4)10-18-25-27-28-26-18;1-4-5-6-9-22-19-16(13(2)23-20(21)24-19)12-15-10-14(7-8-17(15)29-3)11-18-25-27-28-26-18/h6,8,10,16H,3-5,7,9,11-13H2,1-2H3,(H,33,34)(H,35,36)(H3,25,26,27,28)(H,29,30,31,32);5,7,10H,3-4,6,8-9,11-12H2,1-2H3,(H,30,31)(H3,22,23,24,25)(H,26,27,28,29);7-9,12H,5-6,10-11H2,1-4H3,(H3,21,22,23,24)(H,25,26,27,28);7-8,10H,4-6,9,11-12H2,1-3H3,(H3,21,22,23,24)(H,25,26,27,28)/t16-;;12-;/m0.1./s1. The maximum Gasteiger partial charge on any atom is 0.305 e. The van der Waals surface area contributed by atoms with E-state index in [9.17, 15) is 29.7 Å². The number of nitrogens with two attached hydrogens (primary N) is 4. The number of benzene rings is 4. The molecule has 12 rings (SSSR count). The molecule has 0 aliphatic rings. The van der Waals surface area contributed by atoms with E-state index in [1.807, 2.05) is 81.4 Å². The van der Waals surface area contributed by atoms with Gasteiger partial charge in [-0.05, 0) is 115 Å². The first kappa shape index (κ1) is 96.3. The van der Waals surface area contributed by atoms with E-state index in [1.54, 1.807) is 28.4 Å². The number of hydrogen-bond acceptors (Lipinski definition) is 35. The molecule has 0 aliphatic carbocycles. The molecule has 0 fully saturated rings. The molecule has 0 saturated heterocycles. The zero-order chi connectivity index (χ0) is 91.2. The number of ether oxygens (including phenoxy) is 4. The van der Waals surface area contributed by atoms with Crippen LogP contribution in [0.1, 0.15) is 231 Å². The SMILES string of the molecule is CCCCCNc1nc(N)nc(C)c1Cc1cc(Cc2nn[nH]n2)ccc1OC.CCCCNc1nc(N)nc(CCC(=O)O)c1Cc1cc(Cc2nn[nH]n2)ccc1OC.CCCC[C@@H](CC(=O)O)Nc1nc(N)nc(CCC(=O)O)c1Cc1cc(Cc2nn[nH]n2)ccc1OC.CCC[C@@H](C)Nc1nc(N)nc(C)c1Cc1cc(Cc2nn[nH]n2)ccc1OC. The molecule has 42 heteroatoms. The van der Waals surface area contributed by atoms with Crippen LogP contribution in [0.15, 0.2) is 72.8 Å². The molecule has 0 amide bonds. The summed E-state index contributed by atoms with van der Waals surface area (Å²) in [5.41, 5.74) is 37.9. The Labute approximate surface area is 735 Å². The third-order valence-electron chi connectivity index (χ3n) is 20.4. The topological polar surface area (TPSA) is 622 Å². The number of rotatable bonds is 46. The second-order valence-corrected chi connectivity index (χ2v) is 30.1. The van der Waals surface area contributed by atoms with Gasteiger partial charge < -0.3 is 78.5 Å². The fourth-order valence-electron chi connectivity index (χ4n) is 14.2. The van der Waals surface area contributed by atoms with Crippen LogP contribution in [0, 0.1) is 13.8 Å². The molecule has 0 saturated carbocycles. The first-order valence-electron chi connectivity index (χ1n) is 42.1. The average Bonchev–Trinajstić information content (AvgIpc) is 1.56. The Morgan fingerprint density at radius 2 is 0.732 bits per heavy atom. The molecule has 0 unspecified atom stereocenters. The van der Waals surface area contributed by atoms with E-state index in [-0.39, 0.29) is 61.9 Å². The number of tetrazole rings is 4. The van der Waals surface area contributed by atoms with Gasteiger partial charge in [0, 0.05) is 123 Å². The van der Waals surface area contributed by atoms with Crippen LogP contribution in [0.2, 0.25) is 0 Å². The molecule has 19 N–H and O–H groups in total. The minimum Gasteiger partial charge on any atom is -0.496 e. The highest BCUT2D eigenvalue weighted by Crippen LogP contribution is 2.35. The Hall–Kier alpha value is -14.5. The Morgan fingerprint density at radius 3 is 1.08 bits per heavy atom. The predicted molar refractivity (Wildman–Crippen MR) is 477 cm³/mol. The summed E-state index contributed by atoms with van der Waals surface area (Å²) in [6.45, 7) is 16.1. The van der Waals surface area contributed by atoms with Crippen molar-refractivity contribution in [1.82, 2.24) is 122 Å². The Balaban J connectivity index is 0.000000192. The van der Waals surface area contributed by atoms with Crippen LogP contribution < -0.4 is 63.1 Å². The third kappa shape index (κ3) is 30.5. The smallest absolute Gasteiger partial charge is 0.305 e. The van der Waals surface area contributed by atoms with Gasteiger partial charge in [0.25, 0.3) is 0 Å². The Kier molecular flexibility index (Phi) is 37.7. The maximum absolute atomic E-state index is 11.5. The number of aromatic nitrogens is 24. The lowest BCUT2D eigenvalue weighted by Gasteiger charge is -2.22. The van der Waals surface area contributed by atoms with Crippen LogP contribution in [0.5, 0.6) is 23.0 Å². The number of carboxylic acids is 3. The van der Waals surface area contributed by atoms with Crippen LogP contribution in [0.4, 0.5) is 47.1 Å². The molecule has 0 bridgehead atoms. The molecule has 8 aromatic heterocycles. The summed E-state index contributed by atoms with van der Waals surface area (Å²) in [7, 11) is 6.53. The predicted octanol–water partition coefficient (Wildman–Crippen LogP) is 9.56. The third-order valence-corrected chi connectivity index (χ3v) is 20.4. The van der Waals surface area contributed by atoms with E-state index in [2.05, 4.69) is 183 Å². The number of aryl methyl sites for hydroxylation is 4. The van der Waals surface area contributed by atoms with Crippen LogP contribution in [-0.2, 0) is 78.6 Å². The van der Waals surface area contributed by atoms with Gasteiger partial charge in [0.05, 0.1) is 59.1 Å². The highest BCUT2D eigenvalue weighted by molar-refractivity contribution is 5.70. The molecular formula is C85H116N32O10. The van der Waals surface area contributed by atoms with Gasteiger partial charge in [-0.2, -0.15) is 40.8 Å². The van der Waals surface area contributed by atoms with Crippen molar-refractivity contribution in [3.05, 3.63) is 186 Å². The van der Waals surface area contributed by atoms with Crippen molar-refractivity contribution in [2.24, 2.45) is 0 Å². The van der Waals surface area contributed by atoms with Gasteiger partial charge in [-0.3, -0.25) is 14.4 Å². The molecular weight excluding hydrogens is 1630 g/mol. The van der Waals surface area contributed by atoms with Crippen LogP contribution in [0.3, 0.4) is 0 Å². The van der Waals surface area contributed by atoms with Crippen molar-refractivity contribution in [1.29, 1.82) is 0 Å². The van der Waals surface area contributed by atoms with E-state index < -0.39 is 17.9 Å². The largest absolute Gasteiger partial charge is 0.496 e. The average molecular weight is 1750 g/mol. The monoisotopic (exact) mass is 1740 g/mol. The summed E-state index contributed by atoms with van der Waals surface area (Å²) in [6, 6.07) is 23.6. The molecule has 127 heavy (non-hydrogen) atoms. The molecule has 4 aromatic carbocycles. The van der Waals surface area contributed by atoms with Gasteiger partial charge in [-0.25, -0.2) is 19.9 Å². The van der Waals surface area contributed by atoms with Crippen LogP contribution in [0.25, 0.3) is 0 Å². The van der Waals surface area contributed by atoms with Crippen LogP contribution >= 0.6 is 0 Å². The van der Waals surface area contributed by atoms with Gasteiger partial charge in [-0.15, -0.1) is 40.8 Å². The summed E-state index contributed by atoms with van der Waals surface area (Å²) in [5, 5.41) is 97.9. The number of nitrogens with one attached hydrogen (secondary N) is 8. The number of hydrogen-bond donors (Lipinski definition) is 15. The molecule has 8 heterocycles. The quantitative estimate of drug-likeness (QED) is 0.0158. The summed E-state index contributed by atoms with van der Waals surface area (Å²) < 4.78 is 22.4. The highest BCUT2D eigenvalue weighted by atomic mass is 16.5. The van der Waals surface area contributed by atoms with Gasteiger partial charge >= 0.3 is 17.9 Å². The maximum atomic E-state index is 11.5. The van der Waals surface area contributed by atoms with E-state index >= 15 is 0 Å². The lowest BCUT2D eigenvalue weighted by molar-refractivity contribution is -0.138. The number of anilines is 8. The van der Waals surface area contributed by atoms with Crippen molar-refractivity contribution in [3.8, 4) is 23.0 Å². The molecule has 0 spiro atoms. The van der Waals surface area contributed by atoms with E-state index in [4.69, 9.17) is 41.9 Å². The van der Waals surface area contributed by atoms with Gasteiger partial charge in [0.2, 0.25) is 23.8 Å². The Morgan fingerprint density at radius 1 is 0.394 bits per heavy atom. The summed E-state index contributed by atoms with van der Waals surface area (Å²) in [5.74, 6) is 5.80. The van der Waals surface area contributed by atoms with Crippen molar-refractivity contribution in [2.75, 3.05) is 85.7 Å². The molecule has 2 atom stereocenters. The number of nitrogens with zero attached hydrogens (tertiary/aromatic N) is 20. The molecule has 0 radical (unpaired) electrons. The van der Waals surface area contributed by atoms with Gasteiger partial charge in [-0.1, -0.05) is 136 Å². The summed E-state index contributed by atoms with van der Waals surface area (Å²) in [6.07, 6.45) is 14.2. The number of aliphatic carboxylic acids is 3. The van der Waals surface area contributed by atoms with E-state index in [1.165, 1.54) is 12.8 Å². The molecule has 0 aliphatic heterocycles. The summed E-state index contributed by atoms with van der Waals surface area (Å²) in [4.78, 5) is 69.2. The lowest BCUT2D eigenvalue weighted by atomic mass is 9.97. The minimum atomic E-state index is -0.968. The van der Waals surface area contributed by atoms with Crippen LogP contribution in [-0.4, -0.2) is 209 Å². The van der Waals surface area contributed by atoms with Crippen molar-refractivity contribution in [3.63, 3.8) is 0 Å². The van der Waals surface area contributed by atoms with E-state index in [0.29, 0.717) is 127 Å². The van der Waals surface area contributed by atoms with Gasteiger partial charge in [0.1, 0.15) is 46.3 Å².